The van der Waals surface area contributed by atoms with Gasteiger partial charge in [-0.25, -0.2) is 0 Å². The van der Waals surface area contributed by atoms with Crippen LogP contribution in [0.15, 0.2) is 0 Å². The van der Waals surface area contributed by atoms with Crippen molar-refractivity contribution in [2.24, 2.45) is 0 Å². The molecule has 0 unspecified atom stereocenters. The van der Waals surface area contributed by atoms with Crippen molar-refractivity contribution >= 4 is 18.1 Å². The molecule has 6 heteroatoms. The Morgan fingerprint density at radius 1 is 1.56 bits per heavy atom. The molecule has 1 aromatic heterocycles. The Labute approximate surface area is 100 Å². The molecule has 1 amide bonds. The van der Waals surface area contributed by atoms with E-state index in [1.807, 2.05) is 32.3 Å². The third-order valence-corrected chi connectivity index (χ3v) is 2.34. The molecule has 0 aliphatic carbocycles. The normalized spacial score (nSPS) is 11.5. The van der Waals surface area contributed by atoms with Crippen LogP contribution < -0.4 is 5.32 Å². The molecular weight excluding hydrogens is 224 g/mol. The van der Waals surface area contributed by atoms with E-state index in [4.69, 9.17) is 12.2 Å². The number of hydrogen-bond acceptors (Lipinski definition) is 3. The summed E-state index contributed by atoms with van der Waals surface area (Å²) in [6.45, 7) is 8.29. The van der Waals surface area contributed by atoms with Crippen LogP contribution >= 0.6 is 12.2 Å². The lowest BCUT2D eigenvalue weighted by molar-refractivity contribution is -0.122. The quantitative estimate of drug-likeness (QED) is 0.791. The third kappa shape index (κ3) is 3.77. The molecule has 90 valence electrons. The molecule has 0 spiro atoms. The molecule has 0 aromatic carbocycles. The van der Waals surface area contributed by atoms with Crippen LogP contribution in [0.4, 0.5) is 0 Å². The number of aryl methyl sites for hydroxylation is 1. The van der Waals surface area contributed by atoms with Crippen molar-refractivity contribution in [3.63, 3.8) is 0 Å². The van der Waals surface area contributed by atoms with Crippen molar-refractivity contribution in [3.8, 4) is 0 Å². The first-order chi connectivity index (χ1) is 7.29. The van der Waals surface area contributed by atoms with Gasteiger partial charge in [0.1, 0.15) is 5.82 Å². The van der Waals surface area contributed by atoms with Gasteiger partial charge in [-0.3, -0.25) is 9.89 Å². The number of amides is 1. The Hall–Kier alpha value is -1.17. The number of aromatic nitrogens is 3. The lowest BCUT2D eigenvalue weighted by Crippen LogP contribution is -2.40. The first-order valence-corrected chi connectivity index (χ1v) is 5.63. The van der Waals surface area contributed by atoms with Gasteiger partial charge >= 0.3 is 0 Å². The van der Waals surface area contributed by atoms with Gasteiger partial charge in [-0.2, -0.15) is 5.10 Å². The summed E-state index contributed by atoms with van der Waals surface area (Å²) in [7, 11) is 0. The third-order valence-electron chi connectivity index (χ3n) is 2.03. The molecular formula is C10H18N4OS. The van der Waals surface area contributed by atoms with Crippen LogP contribution in [-0.2, 0) is 11.3 Å². The summed E-state index contributed by atoms with van der Waals surface area (Å²) in [4.78, 5) is 11.6. The van der Waals surface area contributed by atoms with Crippen LogP contribution in [0.2, 0.25) is 0 Å². The minimum atomic E-state index is -0.190. The average Bonchev–Trinajstić information content (AvgIpc) is 2.41. The second-order valence-electron chi connectivity index (χ2n) is 4.78. The first kappa shape index (κ1) is 12.9. The standard InChI is InChI=1S/C10H18N4OS/c1-7-12-13-9(16)14(7)6-5-8(15)11-10(2,3)4/h5-6H2,1-4H3,(H,11,15)(H,13,16). The van der Waals surface area contributed by atoms with Gasteiger partial charge in [0.2, 0.25) is 5.91 Å². The summed E-state index contributed by atoms with van der Waals surface area (Å²) < 4.78 is 2.37. The van der Waals surface area contributed by atoms with Crippen LogP contribution in [0.25, 0.3) is 0 Å². The summed E-state index contributed by atoms with van der Waals surface area (Å²) in [5.41, 5.74) is -0.190. The van der Waals surface area contributed by atoms with Crippen LogP contribution in [-0.4, -0.2) is 26.2 Å². The smallest absolute Gasteiger partial charge is 0.222 e. The second kappa shape index (κ2) is 4.78. The molecule has 16 heavy (non-hydrogen) atoms. The second-order valence-corrected chi connectivity index (χ2v) is 5.16. The highest BCUT2D eigenvalue weighted by Gasteiger charge is 2.13. The zero-order chi connectivity index (χ0) is 12.3. The van der Waals surface area contributed by atoms with E-state index < -0.39 is 0 Å². The van der Waals surface area contributed by atoms with Gasteiger partial charge in [-0.05, 0) is 39.9 Å². The lowest BCUT2D eigenvalue weighted by atomic mass is 10.1. The lowest BCUT2D eigenvalue weighted by Gasteiger charge is -2.20. The minimum absolute atomic E-state index is 0.0231. The van der Waals surface area contributed by atoms with E-state index in [0.717, 1.165) is 5.82 Å². The van der Waals surface area contributed by atoms with Crippen molar-refractivity contribution < 1.29 is 4.79 Å². The zero-order valence-electron chi connectivity index (χ0n) is 10.1. The Morgan fingerprint density at radius 3 is 2.62 bits per heavy atom. The molecule has 1 rings (SSSR count). The SMILES string of the molecule is Cc1n[nH]c(=S)n1CCC(=O)NC(C)(C)C. The number of hydrogen-bond donors (Lipinski definition) is 2. The number of nitrogens with zero attached hydrogens (tertiary/aromatic N) is 2. The number of carbonyl (C=O) groups is 1. The van der Waals surface area contributed by atoms with E-state index in [0.29, 0.717) is 17.7 Å². The van der Waals surface area contributed by atoms with Crippen LogP contribution in [0.5, 0.6) is 0 Å². The van der Waals surface area contributed by atoms with E-state index in [2.05, 4.69) is 15.5 Å². The van der Waals surface area contributed by atoms with E-state index in [1.54, 1.807) is 0 Å². The molecule has 0 saturated heterocycles. The van der Waals surface area contributed by atoms with Crippen LogP contribution in [0.1, 0.15) is 33.0 Å². The highest BCUT2D eigenvalue weighted by molar-refractivity contribution is 7.71. The van der Waals surface area contributed by atoms with E-state index in [9.17, 15) is 4.79 Å². The molecule has 0 bridgehead atoms. The fraction of sp³-hybridized carbons (Fsp3) is 0.700. The number of rotatable bonds is 3. The molecule has 0 atom stereocenters. The first-order valence-electron chi connectivity index (χ1n) is 5.22. The Balaban J connectivity index is 2.53. The van der Waals surface area contributed by atoms with Crippen molar-refractivity contribution in [1.82, 2.24) is 20.1 Å². The van der Waals surface area contributed by atoms with Crippen LogP contribution in [0, 0.1) is 11.7 Å². The van der Waals surface area contributed by atoms with Crippen molar-refractivity contribution in [3.05, 3.63) is 10.6 Å². The maximum absolute atomic E-state index is 11.6. The number of H-pyrrole nitrogens is 1. The Kier molecular flexibility index (Phi) is 3.85. The van der Waals surface area contributed by atoms with Gasteiger partial charge in [0.25, 0.3) is 0 Å². The molecule has 0 aliphatic heterocycles. The number of aromatic amines is 1. The maximum Gasteiger partial charge on any atom is 0.222 e. The summed E-state index contributed by atoms with van der Waals surface area (Å²) in [5, 5.41) is 9.58. The predicted molar refractivity (Wildman–Crippen MR) is 64.7 cm³/mol. The molecule has 1 aromatic rings. The van der Waals surface area contributed by atoms with E-state index in [1.165, 1.54) is 0 Å². The average molecular weight is 242 g/mol. The van der Waals surface area contributed by atoms with E-state index in [-0.39, 0.29) is 11.4 Å². The summed E-state index contributed by atoms with van der Waals surface area (Å²) in [6, 6.07) is 0. The molecule has 1 heterocycles. The largest absolute Gasteiger partial charge is 0.351 e. The molecule has 2 N–H and O–H groups in total. The predicted octanol–water partition coefficient (Wildman–Crippen LogP) is 1.55. The van der Waals surface area contributed by atoms with Gasteiger partial charge in [-0.1, -0.05) is 0 Å². The number of nitrogens with one attached hydrogen (secondary N) is 2. The van der Waals surface area contributed by atoms with Gasteiger partial charge in [0, 0.05) is 18.5 Å². The van der Waals surface area contributed by atoms with Gasteiger partial charge in [0.15, 0.2) is 4.77 Å². The van der Waals surface area contributed by atoms with Gasteiger partial charge in [-0.15, -0.1) is 0 Å². The fourth-order valence-electron chi connectivity index (χ4n) is 1.35. The van der Waals surface area contributed by atoms with Crippen molar-refractivity contribution in [2.75, 3.05) is 0 Å². The molecule has 5 nitrogen and oxygen atoms in total. The van der Waals surface area contributed by atoms with Crippen LogP contribution in [0.3, 0.4) is 0 Å². The number of carbonyl (C=O) groups excluding carboxylic acids is 1. The molecule has 0 fully saturated rings. The fourth-order valence-corrected chi connectivity index (χ4v) is 1.62. The van der Waals surface area contributed by atoms with Crippen molar-refractivity contribution in [1.29, 1.82) is 0 Å². The van der Waals surface area contributed by atoms with E-state index >= 15 is 0 Å². The monoisotopic (exact) mass is 242 g/mol. The topological polar surface area (TPSA) is 62.7 Å². The molecule has 0 aliphatic rings. The highest BCUT2D eigenvalue weighted by atomic mass is 32.1. The Morgan fingerprint density at radius 2 is 2.19 bits per heavy atom. The summed E-state index contributed by atoms with van der Waals surface area (Å²) in [5.74, 6) is 0.823. The Bertz CT molecular complexity index is 427. The summed E-state index contributed by atoms with van der Waals surface area (Å²) >= 11 is 5.05. The van der Waals surface area contributed by atoms with Gasteiger partial charge < -0.3 is 9.88 Å². The molecule has 0 saturated carbocycles. The van der Waals surface area contributed by atoms with Gasteiger partial charge in [0.05, 0.1) is 0 Å². The minimum Gasteiger partial charge on any atom is -0.351 e. The maximum atomic E-state index is 11.6. The summed E-state index contributed by atoms with van der Waals surface area (Å²) in [6.07, 6.45) is 0.409. The van der Waals surface area contributed by atoms with Crippen molar-refractivity contribution in [2.45, 2.75) is 46.2 Å². The highest BCUT2D eigenvalue weighted by Crippen LogP contribution is 2.02. The molecule has 0 radical (unpaired) electrons. The zero-order valence-corrected chi connectivity index (χ0v) is 10.9.